The van der Waals surface area contributed by atoms with Gasteiger partial charge in [0.25, 0.3) is 0 Å². The van der Waals surface area contributed by atoms with Crippen LogP contribution in [0.2, 0.25) is 0 Å². The highest BCUT2D eigenvalue weighted by molar-refractivity contribution is 5.31. The number of rotatable bonds is 5. The van der Waals surface area contributed by atoms with E-state index in [-0.39, 0.29) is 11.6 Å². The quantitative estimate of drug-likeness (QED) is 0.878. The third-order valence-corrected chi connectivity index (χ3v) is 2.74. The zero-order valence-electron chi connectivity index (χ0n) is 10.5. The molecule has 2 aromatic rings. The normalized spacial score (nSPS) is 10.6. The Morgan fingerprint density at radius 2 is 2.28 bits per heavy atom. The van der Waals surface area contributed by atoms with Crippen LogP contribution in [-0.4, -0.2) is 23.7 Å². The first-order valence-corrected chi connectivity index (χ1v) is 5.72. The molecular weight excluding hydrogens is 233 g/mol. The fourth-order valence-electron chi connectivity index (χ4n) is 1.83. The Balaban J connectivity index is 2.25. The summed E-state index contributed by atoms with van der Waals surface area (Å²) in [5, 5.41) is 3.03. The van der Waals surface area contributed by atoms with Crippen LogP contribution in [0.3, 0.4) is 0 Å². The molecule has 0 amide bonds. The lowest BCUT2D eigenvalue weighted by Gasteiger charge is -2.10. The molecule has 18 heavy (non-hydrogen) atoms. The molecule has 0 aliphatic carbocycles. The van der Waals surface area contributed by atoms with Crippen LogP contribution in [0.15, 0.2) is 30.6 Å². The summed E-state index contributed by atoms with van der Waals surface area (Å²) in [4.78, 5) is 4.22. The van der Waals surface area contributed by atoms with E-state index >= 15 is 0 Å². The smallest absolute Gasteiger partial charge is 0.170 e. The largest absolute Gasteiger partial charge is 0.494 e. The lowest BCUT2D eigenvalue weighted by molar-refractivity contribution is 0.383. The minimum absolute atomic E-state index is 0.266. The molecule has 0 radical (unpaired) electrons. The summed E-state index contributed by atoms with van der Waals surface area (Å²) in [6.07, 6.45) is 3.55. The van der Waals surface area contributed by atoms with Crippen molar-refractivity contribution in [3.8, 4) is 5.75 Å². The average molecular weight is 249 g/mol. The van der Waals surface area contributed by atoms with Crippen molar-refractivity contribution in [2.45, 2.75) is 13.1 Å². The first-order valence-electron chi connectivity index (χ1n) is 5.72. The maximum Gasteiger partial charge on any atom is 0.170 e. The lowest BCUT2D eigenvalue weighted by Crippen LogP contribution is -2.13. The van der Waals surface area contributed by atoms with E-state index in [2.05, 4.69) is 10.3 Å². The number of benzene rings is 1. The molecule has 2 rings (SSSR count). The van der Waals surface area contributed by atoms with Crippen LogP contribution in [-0.2, 0) is 13.1 Å². The fourth-order valence-corrected chi connectivity index (χ4v) is 1.83. The molecular formula is C13H16FN3O. The predicted octanol–water partition coefficient (Wildman–Crippen LogP) is 1.80. The lowest BCUT2D eigenvalue weighted by atomic mass is 10.2. The zero-order valence-corrected chi connectivity index (χ0v) is 10.5. The van der Waals surface area contributed by atoms with Crippen molar-refractivity contribution in [3.05, 3.63) is 47.8 Å². The van der Waals surface area contributed by atoms with Gasteiger partial charge in [-0.05, 0) is 13.1 Å². The maximum absolute atomic E-state index is 14.0. The van der Waals surface area contributed by atoms with E-state index in [1.807, 2.05) is 17.8 Å². The van der Waals surface area contributed by atoms with Crippen LogP contribution in [0.5, 0.6) is 5.75 Å². The third kappa shape index (κ3) is 2.51. The van der Waals surface area contributed by atoms with Crippen molar-refractivity contribution in [3.63, 3.8) is 0 Å². The van der Waals surface area contributed by atoms with Crippen molar-refractivity contribution < 1.29 is 9.13 Å². The first kappa shape index (κ1) is 12.6. The summed E-state index contributed by atoms with van der Waals surface area (Å²) in [7, 11) is 3.32. The highest BCUT2D eigenvalue weighted by Gasteiger charge is 2.10. The van der Waals surface area contributed by atoms with Gasteiger partial charge in [0, 0.05) is 18.0 Å². The Kier molecular flexibility index (Phi) is 3.94. The molecule has 4 nitrogen and oxygen atoms in total. The van der Waals surface area contributed by atoms with Crippen LogP contribution < -0.4 is 10.1 Å². The Labute approximate surface area is 105 Å². The topological polar surface area (TPSA) is 39.1 Å². The third-order valence-electron chi connectivity index (χ3n) is 2.74. The van der Waals surface area contributed by atoms with Crippen molar-refractivity contribution in [1.82, 2.24) is 14.9 Å². The van der Waals surface area contributed by atoms with Crippen LogP contribution in [0.4, 0.5) is 4.39 Å². The molecule has 0 fully saturated rings. The SMILES string of the molecule is CNCc1nccn1Cc1cccc(OC)c1F. The van der Waals surface area contributed by atoms with E-state index in [1.54, 1.807) is 24.4 Å². The molecule has 0 atom stereocenters. The second kappa shape index (κ2) is 5.64. The Morgan fingerprint density at radius 3 is 3.00 bits per heavy atom. The first-order chi connectivity index (χ1) is 8.76. The van der Waals surface area contributed by atoms with Crippen molar-refractivity contribution in [2.75, 3.05) is 14.2 Å². The standard InChI is InChI=1S/C13H16FN3O/c1-15-8-12-16-6-7-17(12)9-10-4-3-5-11(18-2)13(10)14/h3-7,15H,8-9H2,1-2H3. The summed E-state index contributed by atoms with van der Waals surface area (Å²) in [6.45, 7) is 1.10. The molecule has 0 spiro atoms. The molecule has 0 saturated carbocycles. The van der Waals surface area contributed by atoms with E-state index in [1.165, 1.54) is 7.11 Å². The zero-order chi connectivity index (χ0) is 13.0. The summed E-state index contributed by atoms with van der Waals surface area (Å²) >= 11 is 0. The number of halogens is 1. The van der Waals surface area contributed by atoms with Gasteiger partial charge >= 0.3 is 0 Å². The Bertz CT molecular complexity index is 525. The van der Waals surface area contributed by atoms with Crippen molar-refractivity contribution in [2.24, 2.45) is 0 Å². The fraction of sp³-hybridized carbons (Fsp3) is 0.308. The average Bonchev–Trinajstić information content (AvgIpc) is 2.80. The summed E-state index contributed by atoms with van der Waals surface area (Å²) in [5.41, 5.74) is 0.588. The molecule has 5 heteroatoms. The van der Waals surface area contributed by atoms with Crippen LogP contribution >= 0.6 is 0 Å². The minimum atomic E-state index is -0.316. The molecule has 0 aliphatic heterocycles. The van der Waals surface area contributed by atoms with E-state index in [9.17, 15) is 4.39 Å². The number of ether oxygens (including phenoxy) is 1. The molecule has 1 aromatic heterocycles. The predicted molar refractivity (Wildman–Crippen MR) is 67.0 cm³/mol. The maximum atomic E-state index is 14.0. The highest BCUT2D eigenvalue weighted by atomic mass is 19.1. The van der Waals surface area contributed by atoms with Gasteiger partial charge in [-0.3, -0.25) is 0 Å². The van der Waals surface area contributed by atoms with Gasteiger partial charge in [-0.2, -0.15) is 0 Å². The van der Waals surface area contributed by atoms with Crippen molar-refractivity contribution >= 4 is 0 Å². The number of nitrogens with one attached hydrogen (secondary N) is 1. The van der Waals surface area contributed by atoms with Gasteiger partial charge in [0.05, 0.1) is 20.2 Å². The summed E-state index contributed by atoms with van der Waals surface area (Å²) in [6, 6.07) is 5.15. The van der Waals surface area contributed by atoms with E-state index in [0.29, 0.717) is 18.7 Å². The van der Waals surface area contributed by atoms with Gasteiger partial charge in [-0.1, -0.05) is 12.1 Å². The van der Waals surface area contributed by atoms with E-state index < -0.39 is 0 Å². The molecule has 96 valence electrons. The van der Waals surface area contributed by atoms with Gasteiger partial charge in [0.15, 0.2) is 11.6 Å². The number of imidazole rings is 1. The molecule has 0 bridgehead atoms. The Hall–Kier alpha value is -1.88. The monoisotopic (exact) mass is 249 g/mol. The molecule has 0 saturated heterocycles. The molecule has 1 N–H and O–H groups in total. The number of nitrogens with zero attached hydrogens (tertiary/aromatic N) is 2. The van der Waals surface area contributed by atoms with Crippen LogP contribution in [0, 0.1) is 5.82 Å². The van der Waals surface area contributed by atoms with Gasteiger partial charge in [0.1, 0.15) is 5.82 Å². The molecule has 1 aromatic carbocycles. The van der Waals surface area contributed by atoms with Gasteiger partial charge < -0.3 is 14.6 Å². The second-order valence-corrected chi connectivity index (χ2v) is 3.94. The molecule has 1 heterocycles. The van der Waals surface area contributed by atoms with Gasteiger partial charge in [0.2, 0.25) is 0 Å². The molecule has 0 aliphatic rings. The second-order valence-electron chi connectivity index (χ2n) is 3.94. The Morgan fingerprint density at radius 1 is 1.44 bits per heavy atom. The minimum Gasteiger partial charge on any atom is -0.494 e. The molecule has 0 unspecified atom stereocenters. The van der Waals surface area contributed by atoms with E-state index in [4.69, 9.17) is 4.74 Å². The number of hydrogen-bond acceptors (Lipinski definition) is 3. The van der Waals surface area contributed by atoms with Crippen LogP contribution in [0.1, 0.15) is 11.4 Å². The highest BCUT2D eigenvalue weighted by Crippen LogP contribution is 2.20. The number of hydrogen-bond donors (Lipinski definition) is 1. The van der Waals surface area contributed by atoms with Gasteiger partial charge in [-0.25, -0.2) is 9.37 Å². The van der Waals surface area contributed by atoms with Crippen LogP contribution in [0.25, 0.3) is 0 Å². The van der Waals surface area contributed by atoms with E-state index in [0.717, 1.165) is 5.82 Å². The van der Waals surface area contributed by atoms with Crippen molar-refractivity contribution in [1.29, 1.82) is 0 Å². The number of aromatic nitrogens is 2. The van der Waals surface area contributed by atoms with Gasteiger partial charge in [-0.15, -0.1) is 0 Å². The summed E-state index contributed by atoms with van der Waals surface area (Å²) in [5.74, 6) is 0.826. The number of methoxy groups -OCH3 is 1. The summed E-state index contributed by atoms with van der Waals surface area (Å²) < 4.78 is 20.9.